The van der Waals surface area contributed by atoms with Gasteiger partial charge in [-0.1, -0.05) is 18.5 Å². The lowest BCUT2D eigenvalue weighted by molar-refractivity contribution is 0.0689. The molecule has 0 aliphatic heterocycles. The number of benzene rings is 1. The number of aromatic nitrogens is 2. The second-order valence-electron chi connectivity index (χ2n) is 4.16. The first-order valence-electron chi connectivity index (χ1n) is 5.73. The highest BCUT2D eigenvalue weighted by molar-refractivity contribution is 6.31. The molecule has 19 heavy (non-hydrogen) atoms. The maximum Gasteiger partial charge on any atom is 0.356 e. The van der Waals surface area contributed by atoms with Gasteiger partial charge in [-0.25, -0.2) is 4.79 Å². The molecule has 100 valence electrons. The molecule has 6 heteroatoms. The molecule has 0 radical (unpaired) electrons. The fraction of sp³-hybridized carbons (Fsp3) is 0.231. The van der Waals surface area contributed by atoms with Crippen LogP contribution in [0.15, 0.2) is 18.2 Å². The molecule has 0 saturated carbocycles. The van der Waals surface area contributed by atoms with E-state index in [2.05, 4.69) is 5.10 Å². The molecule has 2 N–H and O–H groups in total. The molecule has 0 spiro atoms. The van der Waals surface area contributed by atoms with Gasteiger partial charge in [-0.05, 0) is 30.2 Å². The third-order valence-corrected chi connectivity index (χ3v) is 3.13. The zero-order chi connectivity index (χ0) is 14.2. The summed E-state index contributed by atoms with van der Waals surface area (Å²) in [6, 6.07) is 4.70. The van der Waals surface area contributed by atoms with Gasteiger partial charge in [-0.2, -0.15) is 5.10 Å². The Hall–Kier alpha value is -2.01. The molecular formula is C13H13ClN2O3. The van der Waals surface area contributed by atoms with Crippen LogP contribution in [0, 0.1) is 0 Å². The normalized spacial score (nSPS) is 10.7. The molecule has 5 nitrogen and oxygen atoms in total. The Bertz CT molecular complexity index is 650. The van der Waals surface area contributed by atoms with Crippen molar-refractivity contribution in [3.05, 3.63) is 34.5 Å². The third-order valence-electron chi connectivity index (χ3n) is 2.91. The molecular weight excluding hydrogens is 268 g/mol. The Labute approximate surface area is 115 Å². The summed E-state index contributed by atoms with van der Waals surface area (Å²) >= 11 is 6.02. The monoisotopic (exact) mass is 280 g/mol. The lowest BCUT2D eigenvalue weighted by atomic mass is 10.0. The summed E-state index contributed by atoms with van der Waals surface area (Å²) in [5.74, 6) is -1.01. The van der Waals surface area contributed by atoms with E-state index in [1.165, 1.54) is 10.7 Å². The van der Waals surface area contributed by atoms with Crippen molar-refractivity contribution in [3.8, 4) is 17.0 Å². The van der Waals surface area contributed by atoms with Gasteiger partial charge >= 0.3 is 5.97 Å². The minimum atomic E-state index is -1.11. The number of halogens is 1. The number of aromatic hydroxyl groups is 1. The van der Waals surface area contributed by atoms with Crippen molar-refractivity contribution in [2.45, 2.75) is 13.3 Å². The highest BCUT2D eigenvalue weighted by Crippen LogP contribution is 2.35. The molecule has 0 aliphatic carbocycles. The third kappa shape index (κ3) is 2.42. The Kier molecular flexibility index (Phi) is 3.48. The average molecular weight is 281 g/mol. The van der Waals surface area contributed by atoms with Gasteiger partial charge in [0.1, 0.15) is 5.75 Å². The predicted octanol–water partition coefficient (Wildman–Crippen LogP) is 2.71. The van der Waals surface area contributed by atoms with E-state index in [1.54, 1.807) is 19.2 Å². The van der Waals surface area contributed by atoms with E-state index < -0.39 is 5.97 Å². The molecule has 0 aliphatic rings. The summed E-state index contributed by atoms with van der Waals surface area (Å²) < 4.78 is 1.41. The molecule has 2 rings (SSSR count). The first-order valence-corrected chi connectivity index (χ1v) is 6.11. The van der Waals surface area contributed by atoms with Gasteiger partial charge in [0.2, 0.25) is 0 Å². The van der Waals surface area contributed by atoms with Crippen LogP contribution in [0.4, 0.5) is 0 Å². The number of aryl methyl sites for hydroxylation is 2. The van der Waals surface area contributed by atoms with Gasteiger partial charge in [0.05, 0.1) is 5.69 Å². The minimum Gasteiger partial charge on any atom is -0.507 e. The number of carboxylic acid groups (broad SMARTS) is 1. The van der Waals surface area contributed by atoms with Crippen LogP contribution >= 0.6 is 11.6 Å². The number of carboxylic acids is 1. The number of hydrogen-bond donors (Lipinski definition) is 2. The van der Waals surface area contributed by atoms with E-state index in [0.717, 1.165) is 0 Å². The molecule has 2 aromatic rings. The topological polar surface area (TPSA) is 75.3 Å². The summed E-state index contributed by atoms with van der Waals surface area (Å²) in [4.78, 5) is 10.9. The van der Waals surface area contributed by atoms with Crippen molar-refractivity contribution in [2.75, 3.05) is 0 Å². The van der Waals surface area contributed by atoms with Crippen LogP contribution in [0.5, 0.6) is 5.75 Å². The zero-order valence-corrected chi connectivity index (χ0v) is 11.3. The largest absolute Gasteiger partial charge is 0.507 e. The second kappa shape index (κ2) is 4.93. The number of nitrogens with zero attached hydrogens (tertiary/aromatic N) is 2. The van der Waals surface area contributed by atoms with Gasteiger partial charge in [-0.15, -0.1) is 0 Å². The fourth-order valence-electron chi connectivity index (χ4n) is 1.94. The Morgan fingerprint density at radius 2 is 2.11 bits per heavy atom. The van der Waals surface area contributed by atoms with Gasteiger partial charge in [0, 0.05) is 17.6 Å². The van der Waals surface area contributed by atoms with E-state index in [0.29, 0.717) is 28.3 Å². The maximum atomic E-state index is 10.9. The van der Waals surface area contributed by atoms with E-state index in [9.17, 15) is 9.90 Å². The highest BCUT2D eigenvalue weighted by Gasteiger charge is 2.17. The van der Waals surface area contributed by atoms with Crippen molar-refractivity contribution in [1.82, 2.24) is 9.78 Å². The summed E-state index contributed by atoms with van der Waals surface area (Å²) in [7, 11) is 1.62. The van der Waals surface area contributed by atoms with Crippen LogP contribution in [0.1, 0.15) is 23.0 Å². The fourth-order valence-corrected chi connectivity index (χ4v) is 2.19. The number of phenolic OH excluding ortho intramolecular Hbond substituents is 1. The van der Waals surface area contributed by atoms with Crippen LogP contribution in [-0.4, -0.2) is 26.0 Å². The van der Waals surface area contributed by atoms with Crippen LogP contribution in [-0.2, 0) is 13.5 Å². The molecule has 0 bridgehead atoms. The molecule has 1 heterocycles. The van der Waals surface area contributed by atoms with Crippen molar-refractivity contribution < 1.29 is 15.0 Å². The van der Waals surface area contributed by atoms with Crippen LogP contribution in [0.3, 0.4) is 0 Å². The summed E-state index contributed by atoms with van der Waals surface area (Å²) in [6.45, 7) is 1.90. The van der Waals surface area contributed by atoms with Crippen LogP contribution in [0.25, 0.3) is 11.3 Å². The van der Waals surface area contributed by atoms with E-state index in [-0.39, 0.29) is 11.4 Å². The average Bonchev–Trinajstić information content (AvgIpc) is 2.74. The van der Waals surface area contributed by atoms with Gasteiger partial charge in [-0.3, -0.25) is 4.68 Å². The minimum absolute atomic E-state index is 0.0741. The highest BCUT2D eigenvalue weighted by atomic mass is 35.5. The number of rotatable bonds is 3. The summed E-state index contributed by atoms with van der Waals surface area (Å²) in [5, 5.41) is 23.5. The molecule has 0 amide bonds. The lowest BCUT2D eigenvalue weighted by Gasteiger charge is -2.09. The van der Waals surface area contributed by atoms with Gasteiger partial charge in [0.15, 0.2) is 5.69 Å². The van der Waals surface area contributed by atoms with E-state index in [4.69, 9.17) is 16.7 Å². The molecule has 0 unspecified atom stereocenters. The molecule has 1 aromatic heterocycles. The Balaban J connectivity index is 2.65. The lowest BCUT2D eigenvalue weighted by Crippen LogP contribution is -1.99. The molecule has 0 saturated heterocycles. The van der Waals surface area contributed by atoms with E-state index >= 15 is 0 Å². The van der Waals surface area contributed by atoms with Crippen molar-refractivity contribution in [1.29, 1.82) is 0 Å². The van der Waals surface area contributed by atoms with Crippen molar-refractivity contribution in [3.63, 3.8) is 0 Å². The first-order chi connectivity index (χ1) is 8.93. The van der Waals surface area contributed by atoms with Gasteiger partial charge < -0.3 is 10.2 Å². The maximum absolute atomic E-state index is 10.9. The van der Waals surface area contributed by atoms with Gasteiger partial charge in [0.25, 0.3) is 0 Å². The SMILES string of the molecule is CCc1cc(Cl)cc(-c2cc(C(=O)O)nn2C)c1O. The Morgan fingerprint density at radius 1 is 1.42 bits per heavy atom. The summed E-state index contributed by atoms with van der Waals surface area (Å²) in [6.07, 6.45) is 0.628. The standard InChI is InChI=1S/C13H13ClN2O3/c1-3-7-4-8(14)5-9(12(7)17)11-6-10(13(18)19)15-16(11)2/h4-6,17H,3H2,1-2H3,(H,18,19). The first kappa shape index (κ1) is 13.4. The smallest absolute Gasteiger partial charge is 0.356 e. The van der Waals surface area contributed by atoms with Crippen LogP contribution < -0.4 is 0 Å². The van der Waals surface area contributed by atoms with Crippen molar-refractivity contribution in [2.24, 2.45) is 7.05 Å². The quantitative estimate of drug-likeness (QED) is 0.906. The van der Waals surface area contributed by atoms with Crippen LogP contribution in [0.2, 0.25) is 5.02 Å². The Morgan fingerprint density at radius 3 is 2.63 bits per heavy atom. The number of hydrogen-bond acceptors (Lipinski definition) is 3. The van der Waals surface area contributed by atoms with E-state index in [1.807, 2.05) is 6.92 Å². The number of phenols is 1. The summed E-state index contributed by atoms with van der Waals surface area (Å²) in [5.41, 5.74) is 1.62. The second-order valence-corrected chi connectivity index (χ2v) is 4.59. The predicted molar refractivity (Wildman–Crippen MR) is 71.7 cm³/mol. The molecule has 0 fully saturated rings. The van der Waals surface area contributed by atoms with Crippen molar-refractivity contribution >= 4 is 17.6 Å². The zero-order valence-electron chi connectivity index (χ0n) is 10.5. The number of aromatic carboxylic acids is 1. The molecule has 1 aromatic carbocycles. The number of carbonyl (C=O) groups is 1. The molecule has 0 atom stereocenters.